The highest BCUT2D eigenvalue weighted by molar-refractivity contribution is 9.10. The number of nitrogens with zero attached hydrogens (tertiary/aromatic N) is 2. The van der Waals surface area contributed by atoms with Crippen LogP contribution in [0.4, 0.5) is 10.9 Å². The quantitative estimate of drug-likeness (QED) is 0.921. The summed E-state index contributed by atoms with van der Waals surface area (Å²) in [6.07, 6.45) is 5.35. The molecule has 0 aromatic carbocycles. The van der Waals surface area contributed by atoms with Gasteiger partial charge in [-0.3, -0.25) is 0 Å². The Hall–Kier alpha value is -0.940. The van der Waals surface area contributed by atoms with E-state index in [4.69, 9.17) is 0 Å². The molecule has 0 spiro atoms. The number of aromatic nitrogens is 2. The highest BCUT2D eigenvalue weighted by atomic mass is 79.9. The van der Waals surface area contributed by atoms with E-state index < -0.39 is 0 Å². The third kappa shape index (κ3) is 1.97. The molecule has 0 fully saturated rings. The maximum atomic E-state index is 4.56. The number of fused-ring (bicyclic) bond motifs is 1. The van der Waals surface area contributed by atoms with Crippen molar-refractivity contribution in [1.29, 1.82) is 0 Å². The molecular weight excluding hydrogens is 286 g/mol. The zero-order valence-corrected chi connectivity index (χ0v) is 10.9. The average molecular weight is 296 g/mol. The second-order valence-corrected chi connectivity index (χ2v) is 5.73. The van der Waals surface area contributed by atoms with E-state index in [0.29, 0.717) is 0 Å². The van der Waals surface area contributed by atoms with Crippen molar-refractivity contribution in [3.63, 3.8) is 0 Å². The van der Waals surface area contributed by atoms with Crippen LogP contribution in [0.5, 0.6) is 0 Å². The van der Waals surface area contributed by atoms with E-state index in [1.807, 2.05) is 12.1 Å². The number of hydrogen-bond acceptors (Lipinski definition) is 4. The summed E-state index contributed by atoms with van der Waals surface area (Å²) in [5, 5.41) is 4.19. The van der Waals surface area contributed by atoms with Gasteiger partial charge in [-0.05, 0) is 47.3 Å². The Morgan fingerprint density at radius 3 is 3.00 bits per heavy atom. The molecule has 0 saturated heterocycles. The van der Waals surface area contributed by atoms with Crippen LogP contribution in [0.25, 0.3) is 0 Å². The third-order valence-electron chi connectivity index (χ3n) is 2.56. The largest absolute Gasteiger partial charge is 0.316 e. The molecule has 1 N–H and O–H groups in total. The van der Waals surface area contributed by atoms with Crippen molar-refractivity contribution in [2.75, 3.05) is 5.32 Å². The van der Waals surface area contributed by atoms with E-state index in [-0.39, 0.29) is 0 Å². The molecule has 5 heteroatoms. The fourth-order valence-electron chi connectivity index (χ4n) is 1.80. The van der Waals surface area contributed by atoms with Gasteiger partial charge in [-0.1, -0.05) is 0 Å². The van der Waals surface area contributed by atoms with Gasteiger partial charge in [-0.2, -0.15) is 0 Å². The van der Waals surface area contributed by atoms with Gasteiger partial charge >= 0.3 is 0 Å². The predicted octanol–water partition coefficient (Wildman–Crippen LogP) is 3.53. The number of anilines is 2. The Morgan fingerprint density at radius 1 is 1.31 bits per heavy atom. The van der Waals surface area contributed by atoms with Crippen molar-refractivity contribution in [1.82, 2.24) is 9.97 Å². The summed E-state index contributed by atoms with van der Waals surface area (Å²) in [5.41, 5.74) is 1.27. The van der Waals surface area contributed by atoms with Crippen molar-refractivity contribution in [2.24, 2.45) is 0 Å². The molecule has 0 unspecified atom stereocenters. The monoisotopic (exact) mass is 295 g/mol. The Labute approximate surface area is 106 Å². The molecule has 0 saturated carbocycles. The van der Waals surface area contributed by atoms with Crippen LogP contribution in [-0.2, 0) is 12.8 Å². The van der Waals surface area contributed by atoms with Gasteiger partial charge in [-0.15, -0.1) is 11.3 Å². The molecule has 0 aliphatic heterocycles. The van der Waals surface area contributed by atoms with Gasteiger partial charge in [0.2, 0.25) is 0 Å². The highest BCUT2D eigenvalue weighted by Gasteiger charge is 2.16. The first-order valence-corrected chi connectivity index (χ1v) is 6.79. The summed E-state index contributed by atoms with van der Waals surface area (Å²) in [6, 6.07) is 3.91. The first-order chi connectivity index (χ1) is 7.81. The van der Waals surface area contributed by atoms with Gasteiger partial charge in [0, 0.05) is 15.5 Å². The fourth-order valence-corrected chi connectivity index (χ4v) is 3.09. The Kier molecular flexibility index (Phi) is 2.65. The van der Waals surface area contributed by atoms with E-state index in [0.717, 1.165) is 21.8 Å². The topological polar surface area (TPSA) is 37.8 Å². The molecule has 16 heavy (non-hydrogen) atoms. The van der Waals surface area contributed by atoms with Crippen LogP contribution in [0.3, 0.4) is 0 Å². The van der Waals surface area contributed by atoms with Crippen molar-refractivity contribution >= 4 is 38.2 Å². The molecule has 82 valence electrons. The molecule has 0 radical (unpaired) electrons. The van der Waals surface area contributed by atoms with E-state index in [2.05, 4.69) is 31.2 Å². The van der Waals surface area contributed by atoms with Gasteiger partial charge < -0.3 is 5.32 Å². The summed E-state index contributed by atoms with van der Waals surface area (Å²) in [5.74, 6) is 0.843. The van der Waals surface area contributed by atoms with Gasteiger partial charge in [0.05, 0.1) is 5.69 Å². The summed E-state index contributed by atoms with van der Waals surface area (Å²) in [6.45, 7) is 0. The Balaban J connectivity index is 1.81. The summed E-state index contributed by atoms with van der Waals surface area (Å²) >= 11 is 5.11. The number of halogens is 1. The Bertz CT molecular complexity index is 485. The van der Waals surface area contributed by atoms with Gasteiger partial charge in [-0.25, -0.2) is 9.97 Å². The van der Waals surface area contributed by atoms with Crippen molar-refractivity contribution in [2.45, 2.75) is 19.3 Å². The molecule has 2 heterocycles. The summed E-state index contributed by atoms with van der Waals surface area (Å²) < 4.78 is 0.986. The van der Waals surface area contributed by atoms with E-state index in [9.17, 15) is 0 Å². The lowest BCUT2D eigenvalue weighted by molar-refractivity contribution is 0.900. The van der Waals surface area contributed by atoms with Crippen LogP contribution in [0, 0.1) is 0 Å². The molecule has 1 aliphatic carbocycles. The maximum Gasteiger partial charge on any atom is 0.188 e. The van der Waals surface area contributed by atoms with Crippen LogP contribution < -0.4 is 5.32 Å². The third-order valence-corrected chi connectivity index (χ3v) is 4.10. The average Bonchev–Trinajstić information content (AvgIpc) is 2.81. The molecule has 0 bridgehead atoms. The predicted molar refractivity (Wildman–Crippen MR) is 69.4 cm³/mol. The molecule has 2 aromatic heterocycles. The first kappa shape index (κ1) is 10.2. The van der Waals surface area contributed by atoms with Crippen LogP contribution in [0.1, 0.15) is 17.0 Å². The van der Waals surface area contributed by atoms with Crippen LogP contribution in [0.2, 0.25) is 0 Å². The van der Waals surface area contributed by atoms with E-state index in [1.165, 1.54) is 23.4 Å². The van der Waals surface area contributed by atoms with Crippen molar-refractivity contribution < 1.29 is 0 Å². The van der Waals surface area contributed by atoms with Crippen LogP contribution in [-0.4, -0.2) is 9.97 Å². The number of pyridine rings is 1. The lowest BCUT2D eigenvalue weighted by atomic mass is 10.4. The molecular formula is C11H10BrN3S. The molecule has 3 nitrogen and oxygen atoms in total. The minimum absolute atomic E-state index is 0.843. The van der Waals surface area contributed by atoms with Crippen LogP contribution >= 0.6 is 27.3 Å². The minimum atomic E-state index is 0.843. The first-order valence-electron chi connectivity index (χ1n) is 5.18. The van der Waals surface area contributed by atoms with Gasteiger partial charge in [0.1, 0.15) is 5.82 Å². The lowest BCUT2D eigenvalue weighted by Crippen LogP contribution is -1.92. The number of rotatable bonds is 2. The normalized spacial score (nSPS) is 13.8. The second-order valence-electron chi connectivity index (χ2n) is 3.73. The van der Waals surface area contributed by atoms with E-state index in [1.54, 1.807) is 17.5 Å². The fraction of sp³-hybridized carbons (Fsp3) is 0.273. The molecule has 0 atom stereocenters. The van der Waals surface area contributed by atoms with E-state index >= 15 is 0 Å². The Morgan fingerprint density at radius 2 is 2.25 bits per heavy atom. The number of nitrogens with one attached hydrogen (secondary N) is 1. The van der Waals surface area contributed by atoms with Crippen molar-refractivity contribution in [3.8, 4) is 0 Å². The molecule has 1 aliphatic rings. The smallest absolute Gasteiger partial charge is 0.188 e. The minimum Gasteiger partial charge on any atom is -0.316 e. The SMILES string of the molecule is Brc1ccc(Nc2nc3c(s2)CCC3)nc1. The second kappa shape index (κ2) is 4.14. The molecule has 2 aromatic rings. The standard InChI is InChI=1S/C11H10BrN3S/c12-7-4-5-10(13-6-7)15-11-14-8-2-1-3-9(8)16-11/h4-6H,1-3H2,(H,13,14,15). The zero-order chi connectivity index (χ0) is 11.0. The highest BCUT2D eigenvalue weighted by Crippen LogP contribution is 2.31. The maximum absolute atomic E-state index is 4.56. The van der Waals surface area contributed by atoms with Gasteiger partial charge in [0.25, 0.3) is 0 Å². The molecule has 3 rings (SSSR count). The zero-order valence-electron chi connectivity index (χ0n) is 8.53. The molecule has 0 amide bonds. The summed E-state index contributed by atoms with van der Waals surface area (Å²) in [7, 11) is 0. The number of thiazole rings is 1. The number of aryl methyl sites for hydroxylation is 2. The summed E-state index contributed by atoms with van der Waals surface area (Å²) in [4.78, 5) is 10.3. The lowest BCUT2D eigenvalue weighted by Gasteiger charge is -2.00. The van der Waals surface area contributed by atoms with Crippen molar-refractivity contribution in [3.05, 3.63) is 33.4 Å². The van der Waals surface area contributed by atoms with Gasteiger partial charge in [0.15, 0.2) is 5.13 Å². The number of hydrogen-bond donors (Lipinski definition) is 1. The van der Waals surface area contributed by atoms with Crippen LogP contribution in [0.15, 0.2) is 22.8 Å².